The molecule has 1 aliphatic carbocycles. The van der Waals surface area contributed by atoms with Crippen LogP contribution in [-0.4, -0.2) is 19.3 Å². The van der Waals surface area contributed by atoms with Crippen molar-refractivity contribution in [2.75, 3.05) is 13.2 Å². The zero-order chi connectivity index (χ0) is 14.3. The molecule has 4 nitrogen and oxygen atoms in total. The molecule has 0 unspecified atom stereocenters. The lowest BCUT2D eigenvalue weighted by Gasteiger charge is -2.41. The Hall–Kier alpha value is -1.80. The van der Waals surface area contributed by atoms with Crippen molar-refractivity contribution in [2.24, 2.45) is 4.99 Å². The van der Waals surface area contributed by atoms with E-state index in [1.807, 2.05) is 0 Å². The van der Waals surface area contributed by atoms with E-state index in [-0.39, 0.29) is 0 Å². The normalized spacial score (nSPS) is 21.7. The number of hydrogen-bond donors (Lipinski definition) is 0. The fourth-order valence-corrected chi connectivity index (χ4v) is 3.84. The molecule has 4 heteroatoms. The first-order valence-corrected chi connectivity index (χ1v) is 7.88. The number of nitrogens with zero attached hydrogens (tertiary/aromatic N) is 1. The van der Waals surface area contributed by atoms with Crippen molar-refractivity contribution in [3.8, 4) is 11.5 Å². The van der Waals surface area contributed by atoms with E-state index in [0.29, 0.717) is 0 Å². The van der Waals surface area contributed by atoms with Gasteiger partial charge in [-0.2, -0.15) is 4.99 Å². The van der Waals surface area contributed by atoms with Crippen molar-refractivity contribution in [3.05, 3.63) is 22.8 Å². The maximum absolute atomic E-state index is 11.0. The number of aliphatic imine (C=N–C) groups is 1. The highest BCUT2D eigenvalue weighted by Gasteiger charge is 2.45. The van der Waals surface area contributed by atoms with Gasteiger partial charge in [-0.25, -0.2) is 4.79 Å². The summed E-state index contributed by atoms with van der Waals surface area (Å²) in [5.74, 6) is 1.96. The highest BCUT2D eigenvalue weighted by Crippen LogP contribution is 2.53. The van der Waals surface area contributed by atoms with E-state index in [9.17, 15) is 4.79 Å². The summed E-state index contributed by atoms with van der Waals surface area (Å²) >= 11 is 0. The largest absolute Gasteiger partial charge is 0.493 e. The average Bonchev–Trinajstić information content (AvgIpc) is 2.49. The van der Waals surface area contributed by atoms with Gasteiger partial charge in [-0.1, -0.05) is 0 Å². The molecule has 21 heavy (non-hydrogen) atoms. The van der Waals surface area contributed by atoms with Crippen LogP contribution in [0.2, 0.25) is 0 Å². The van der Waals surface area contributed by atoms with Crippen molar-refractivity contribution in [2.45, 2.75) is 50.5 Å². The minimum atomic E-state index is -0.408. The molecule has 4 rings (SSSR count). The van der Waals surface area contributed by atoms with Gasteiger partial charge in [0.1, 0.15) is 17.0 Å². The molecule has 1 aromatic rings. The fourth-order valence-electron chi connectivity index (χ4n) is 3.84. The third-order valence-electron chi connectivity index (χ3n) is 4.99. The number of benzene rings is 1. The molecule has 3 aliphatic rings. The maximum atomic E-state index is 11.0. The third kappa shape index (κ3) is 1.90. The quantitative estimate of drug-likeness (QED) is 0.620. The second-order valence-corrected chi connectivity index (χ2v) is 6.21. The predicted molar refractivity (Wildman–Crippen MR) is 77.7 cm³/mol. The molecule has 0 aromatic heterocycles. The highest BCUT2D eigenvalue weighted by atomic mass is 16.5. The van der Waals surface area contributed by atoms with Crippen LogP contribution in [0.4, 0.5) is 0 Å². The number of carbonyl (C=O) groups excluding carboxylic acids is 1. The van der Waals surface area contributed by atoms with E-state index in [4.69, 9.17) is 9.47 Å². The van der Waals surface area contributed by atoms with Crippen LogP contribution in [-0.2, 0) is 23.2 Å². The molecule has 0 saturated heterocycles. The van der Waals surface area contributed by atoms with Crippen LogP contribution in [0.3, 0.4) is 0 Å². The maximum Gasteiger partial charge on any atom is 0.235 e. The van der Waals surface area contributed by atoms with Crippen LogP contribution >= 0.6 is 0 Å². The zero-order valence-corrected chi connectivity index (χ0v) is 12.1. The molecule has 110 valence electrons. The standard InChI is InChI=1S/C17H19NO3/c19-11-18-17(6-3-7-17)15-13-5-2-8-20-14(13)10-12-4-1-9-21-16(12)15/h10H,1-9H2. The van der Waals surface area contributed by atoms with Crippen molar-refractivity contribution in [1.29, 1.82) is 0 Å². The minimum Gasteiger partial charge on any atom is -0.493 e. The van der Waals surface area contributed by atoms with Gasteiger partial charge in [0.25, 0.3) is 0 Å². The van der Waals surface area contributed by atoms with Crippen LogP contribution < -0.4 is 9.47 Å². The van der Waals surface area contributed by atoms with E-state index in [1.165, 1.54) is 11.1 Å². The Bertz CT molecular complexity index is 593. The molecule has 0 radical (unpaired) electrons. The summed E-state index contributed by atoms with van der Waals surface area (Å²) in [7, 11) is 0. The van der Waals surface area contributed by atoms with Crippen LogP contribution in [0.25, 0.3) is 0 Å². The minimum absolute atomic E-state index is 0.408. The van der Waals surface area contributed by atoms with E-state index in [0.717, 1.165) is 75.2 Å². The van der Waals surface area contributed by atoms with Gasteiger partial charge in [0.15, 0.2) is 0 Å². The molecule has 0 atom stereocenters. The monoisotopic (exact) mass is 285 g/mol. The second-order valence-electron chi connectivity index (χ2n) is 6.21. The van der Waals surface area contributed by atoms with Gasteiger partial charge in [-0.15, -0.1) is 0 Å². The summed E-state index contributed by atoms with van der Waals surface area (Å²) in [6.45, 7) is 1.52. The number of aryl methyl sites for hydroxylation is 1. The summed E-state index contributed by atoms with van der Waals surface area (Å²) in [6, 6.07) is 2.14. The van der Waals surface area contributed by atoms with Gasteiger partial charge < -0.3 is 9.47 Å². The molecule has 0 bridgehead atoms. The van der Waals surface area contributed by atoms with Crippen LogP contribution in [0.15, 0.2) is 11.1 Å². The zero-order valence-electron chi connectivity index (χ0n) is 12.1. The van der Waals surface area contributed by atoms with E-state index in [1.54, 1.807) is 6.08 Å². The van der Waals surface area contributed by atoms with Crippen LogP contribution in [0.5, 0.6) is 11.5 Å². The van der Waals surface area contributed by atoms with E-state index >= 15 is 0 Å². The van der Waals surface area contributed by atoms with E-state index < -0.39 is 5.54 Å². The number of rotatable bonds is 2. The molecular formula is C17H19NO3. The van der Waals surface area contributed by atoms with E-state index in [2.05, 4.69) is 11.1 Å². The number of fused-ring (bicyclic) bond motifs is 2. The Morgan fingerprint density at radius 2 is 1.90 bits per heavy atom. The molecule has 0 N–H and O–H groups in total. The van der Waals surface area contributed by atoms with Gasteiger partial charge in [-0.3, -0.25) is 0 Å². The van der Waals surface area contributed by atoms with Gasteiger partial charge in [0.05, 0.1) is 13.2 Å². The predicted octanol–water partition coefficient (Wildman–Crippen LogP) is 3.05. The molecular weight excluding hydrogens is 266 g/mol. The Balaban J connectivity index is 1.96. The lowest BCUT2D eigenvalue weighted by molar-refractivity contribution is 0.219. The fraction of sp³-hybridized carbons (Fsp3) is 0.588. The summed E-state index contributed by atoms with van der Waals surface area (Å²) in [5, 5.41) is 0. The summed E-state index contributed by atoms with van der Waals surface area (Å²) in [5.41, 5.74) is 3.14. The molecule has 0 amide bonds. The molecule has 1 aromatic carbocycles. The van der Waals surface area contributed by atoms with Gasteiger partial charge in [-0.05, 0) is 56.6 Å². The van der Waals surface area contributed by atoms with Crippen molar-refractivity contribution in [1.82, 2.24) is 0 Å². The van der Waals surface area contributed by atoms with Gasteiger partial charge in [0, 0.05) is 11.1 Å². The highest BCUT2D eigenvalue weighted by molar-refractivity contribution is 5.59. The van der Waals surface area contributed by atoms with Crippen LogP contribution in [0, 0.1) is 0 Å². The van der Waals surface area contributed by atoms with Gasteiger partial charge in [0.2, 0.25) is 6.08 Å². The lowest BCUT2D eigenvalue weighted by Crippen LogP contribution is -2.35. The van der Waals surface area contributed by atoms with Crippen LogP contribution in [0.1, 0.15) is 48.8 Å². The molecule has 1 fully saturated rings. The first-order chi connectivity index (χ1) is 10.3. The number of ether oxygens (including phenoxy) is 2. The average molecular weight is 285 g/mol. The molecule has 2 heterocycles. The first kappa shape index (κ1) is 12.9. The SMILES string of the molecule is O=C=NC1(c2c3c(cc4c2OCCC4)OCCC3)CCC1. The number of hydrogen-bond acceptors (Lipinski definition) is 4. The lowest BCUT2D eigenvalue weighted by atomic mass is 9.69. The number of isocyanates is 1. The Morgan fingerprint density at radius 3 is 2.67 bits per heavy atom. The summed E-state index contributed by atoms with van der Waals surface area (Å²) < 4.78 is 11.9. The molecule has 1 saturated carbocycles. The Morgan fingerprint density at radius 1 is 1.10 bits per heavy atom. The van der Waals surface area contributed by atoms with Gasteiger partial charge >= 0.3 is 0 Å². The molecule has 2 aliphatic heterocycles. The van der Waals surface area contributed by atoms with Crippen molar-refractivity contribution in [3.63, 3.8) is 0 Å². The molecule has 0 spiro atoms. The summed E-state index contributed by atoms with van der Waals surface area (Å²) in [6.07, 6.45) is 8.77. The second kappa shape index (κ2) is 4.88. The Kier molecular flexibility index (Phi) is 3.00. The Labute approximate surface area is 124 Å². The smallest absolute Gasteiger partial charge is 0.235 e. The summed E-state index contributed by atoms with van der Waals surface area (Å²) in [4.78, 5) is 15.2. The van der Waals surface area contributed by atoms with Crippen molar-refractivity contribution >= 4 is 6.08 Å². The first-order valence-electron chi connectivity index (χ1n) is 7.88. The van der Waals surface area contributed by atoms with Crippen molar-refractivity contribution < 1.29 is 14.3 Å². The third-order valence-corrected chi connectivity index (χ3v) is 4.99. The topological polar surface area (TPSA) is 47.9 Å².